The molecule has 1 aliphatic heterocycles. The number of pyridine rings is 1. The lowest BCUT2D eigenvalue weighted by Crippen LogP contribution is -2.35. The molecule has 1 atom stereocenters. The Morgan fingerprint density at radius 1 is 1.20 bits per heavy atom. The van der Waals surface area contributed by atoms with E-state index in [0.717, 1.165) is 50.7 Å². The summed E-state index contributed by atoms with van der Waals surface area (Å²) in [5, 5.41) is 11.3. The zero-order valence-corrected chi connectivity index (χ0v) is 14.7. The van der Waals surface area contributed by atoms with Gasteiger partial charge in [-0.3, -0.25) is 0 Å². The Morgan fingerprint density at radius 3 is 3.04 bits per heavy atom. The van der Waals surface area contributed by atoms with Gasteiger partial charge in [0.2, 0.25) is 5.88 Å². The van der Waals surface area contributed by atoms with Crippen LogP contribution in [0.2, 0.25) is 0 Å². The van der Waals surface area contributed by atoms with Crippen molar-refractivity contribution in [3.63, 3.8) is 0 Å². The lowest BCUT2D eigenvalue weighted by atomic mass is 9.98. The molecule has 0 amide bonds. The van der Waals surface area contributed by atoms with Crippen molar-refractivity contribution in [3.05, 3.63) is 36.2 Å². The first-order valence-corrected chi connectivity index (χ1v) is 9.45. The molecule has 2 aromatic heterocycles. The van der Waals surface area contributed by atoms with Crippen molar-refractivity contribution in [3.8, 4) is 5.88 Å². The van der Waals surface area contributed by atoms with Gasteiger partial charge in [-0.2, -0.15) is 5.10 Å². The summed E-state index contributed by atoms with van der Waals surface area (Å²) in [6.07, 6.45) is 10.3. The highest BCUT2D eigenvalue weighted by Crippen LogP contribution is 2.22. The average molecular weight is 341 g/mol. The smallest absolute Gasteiger partial charge is 0.213 e. The topological polar surface area (TPSA) is 64.0 Å². The Hall–Kier alpha value is -2.08. The van der Waals surface area contributed by atoms with Crippen LogP contribution in [0.4, 0.5) is 5.82 Å². The minimum atomic E-state index is 0.348. The van der Waals surface area contributed by atoms with Gasteiger partial charge in [0.25, 0.3) is 0 Å². The number of nitrogens with zero attached hydrogens (tertiary/aromatic N) is 3. The number of aromatic nitrogens is 3. The number of fused-ring (bicyclic) bond motifs is 1. The molecule has 2 aromatic rings. The van der Waals surface area contributed by atoms with Crippen LogP contribution in [0.1, 0.15) is 37.7 Å². The van der Waals surface area contributed by atoms with Crippen molar-refractivity contribution in [2.45, 2.75) is 51.3 Å². The highest BCUT2D eigenvalue weighted by Gasteiger charge is 2.18. The molecule has 6 heteroatoms. The lowest BCUT2D eigenvalue weighted by molar-refractivity contribution is 0.148. The van der Waals surface area contributed by atoms with E-state index in [-0.39, 0.29) is 0 Å². The number of hydrogen-bond donors (Lipinski definition) is 2. The number of rotatable bonds is 6. The summed E-state index contributed by atoms with van der Waals surface area (Å²) in [4.78, 5) is 4.38. The van der Waals surface area contributed by atoms with E-state index in [0.29, 0.717) is 12.0 Å². The molecule has 0 radical (unpaired) electrons. The zero-order chi connectivity index (χ0) is 16.9. The molecule has 0 saturated heterocycles. The molecule has 6 nitrogen and oxygen atoms in total. The largest absolute Gasteiger partial charge is 0.474 e. The molecule has 0 aromatic carbocycles. The second kappa shape index (κ2) is 7.87. The third kappa shape index (κ3) is 4.31. The predicted molar refractivity (Wildman–Crippen MR) is 97.7 cm³/mol. The molecule has 1 fully saturated rings. The van der Waals surface area contributed by atoms with Crippen LogP contribution in [-0.2, 0) is 13.1 Å². The summed E-state index contributed by atoms with van der Waals surface area (Å²) in [5.41, 5.74) is 1.23. The van der Waals surface area contributed by atoms with Crippen molar-refractivity contribution in [1.29, 1.82) is 0 Å². The summed E-state index contributed by atoms with van der Waals surface area (Å²) in [7, 11) is 0. The van der Waals surface area contributed by atoms with Gasteiger partial charge in [0.1, 0.15) is 11.9 Å². The molecule has 2 N–H and O–H groups in total. The third-order valence-electron chi connectivity index (χ3n) is 5.12. The molecular weight excluding hydrogens is 314 g/mol. The quantitative estimate of drug-likeness (QED) is 0.846. The Bertz CT molecular complexity index is 680. The second-order valence-electron chi connectivity index (χ2n) is 7.16. The first-order chi connectivity index (χ1) is 12.4. The highest BCUT2D eigenvalue weighted by atomic mass is 16.5. The summed E-state index contributed by atoms with van der Waals surface area (Å²) in [6.45, 7) is 3.76. The van der Waals surface area contributed by atoms with Gasteiger partial charge in [0.15, 0.2) is 0 Å². The maximum atomic E-state index is 6.06. The molecule has 1 aliphatic carbocycles. The molecule has 25 heavy (non-hydrogen) atoms. The van der Waals surface area contributed by atoms with Crippen LogP contribution in [-0.4, -0.2) is 34.0 Å². The molecule has 1 saturated carbocycles. The number of nitrogens with one attached hydrogen (secondary N) is 2. The van der Waals surface area contributed by atoms with E-state index in [1.54, 1.807) is 0 Å². The van der Waals surface area contributed by atoms with E-state index in [2.05, 4.69) is 32.8 Å². The average Bonchev–Trinajstić information content (AvgIpc) is 3.11. The van der Waals surface area contributed by atoms with Gasteiger partial charge in [-0.05, 0) is 37.3 Å². The van der Waals surface area contributed by atoms with Crippen molar-refractivity contribution >= 4 is 5.82 Å². The Morgan fingerprint density at radius 2 is 2.12 bits per heavy atom. The third-order valence-corrected chi connectivity index (χ3v) is 5.12. The summed E-state index contributed by atoms with van der Waals surface area (Å²) >= 11 is 0. The van der Waals surface area contributed by atoms with Gasteiger partial charge in [0.05, 0.1) is 6.20 Å². The van der Waals surface area contributed by atoms with Crippen molar-refractivity contribution in [2.75, 3.05) is 18.4 Å². The molecular formula is C19H27N5O. The monoisotopic (exact) mass is 341 g/mol. The maximum Gasteiger partial charge on any atom is 0.213 e. The van der Waals surface area contributed by atoms with Gasteiger partial charge in [-0.15, -0.1) is 0 Å². The minimum Gasteiger partial charge on any atom is -0.474 e. The van der Waals surface area contributed by atoms with Crippen LogP contribution in [0.25, 0.3) is 0 Å². The van der Waals surface area contributed by atoms with Gasteiger partial charge in [-0.1, -0.05) is 6.42 Å². The summed E-state index contributed by atoms with van der Waals surface area (Å²) < 4.78 is 8.10. The Balaban J connectivity index is 1.25. The van der Waals surface area contributed by atoms with E-state index >= 15 is 0 Å². The van der Waals surface area contributed by atoms with E-state index < -0.39 is 0 Å². The fraction of sp³-hybridized carbons (Fsp3) is 0.579. The van der Waals surface area contributed by atoms with Crippen LogP contribution in [0.5, 0.6) is 5.88 Å². The molecule has 4 rings (SSSR count). The first-order valence-electron chi connectivity index (χ1n) is 9.45. The molecule has 0 bridgehead atoms. The summed E-state index contributed by atoms with van der Waals surface area (Å²) in [5.74, 6) is 2.44. The second-order valence-corrected chi connectivity index (χ2v) is 7.16. The van der Waals surface area contributed by atoms with Crippen LogP contribution < -0.4 is 15.4 Å². The first kappa shape index (κ1) is 16.4. The van der Waals surface area contributed by atoms with E-state index in [4.69, 9.17) is 4.74 Å². The lowest BCUT2D eigenvalue weighted by Gasteiger charge is -2.25. The fourth-order valence-electron chi connectivity index (χ4n) is 3.72. The van der Waals surface area contributed by atoms with Crippen molar-refractivity contribution in [1.82, 2.24) is 20.1 Å². The van der Waals surface area contributed by atoms with Crippen molar-refractivity contribution < 1.29 is 4.74 Å². The van der Waals surface area contributed by atoms with Crippen LogP contribution in [0, 0.1) is 5.92 Å². The predicted octanol–water partition coefficient (Wildman–Crippen LogP) is 2.82. The highest BCUT2D eigenvalue weighted by molar-refractivity contribution is 5.35. The zero-order valence-electron chi connectivity index (χ0n) is 14.7. The van der Waals surface area contributed by atoms with Gasteiger partial charge < -0.3 is 15.4 Å². The molecule has 2 aliphatic rings. The number of anilines is 1. The standard InChI is InChI=1S/C19H27N5O/c1-2-4-17(5-3-1)25-19-10-15(6-8-21-19)11-20-12-16-13-22-18-7-9-23-24(18)14-16/h6-10,16-17,20,22H,1-5,11-14H2/t16-/m0/s1. The molecule has 3 heterocycles. The van der Waals surface area contributed by atoms with Crippen LogP contribution >= 0.6 is 0 Å². The number of ether oxygens (including phenoxy) is 1. The van der Waals surface area contributed by atoms with Gasteiger partial charge >= 0.3 is 0 Å². The van der Waals surface area contributed by atoms with Crippen molar-refractivity contribution in [2.24, 2.45) is 5.92 Å². The van der Waals surface area contributed by atoms with E-state index in [1.807, 2.05) is 23.1 Å². The normalized spacial score (nSPS) is 20.7. The molecule has 0 unspecified atom stereocenters. The van der Waals surface area contributed by atoms with Crippen LogP contribution in [0.3, 0.4) is 0 Å². The van der Waals surface area contributed by atoms with Gasteiger partial charge in [-0.25, -0.2) is 9.67 Å². The minimum absolute atomic E-state index is 0.348. The number of hydrogen-bond acceptors (Lipinski definition) is 5. The molecule has 134 valence electrons. The van der Waals surface area contributed by atoms with Crippen LogP contribution in [0.15, 0.2) is 30.6 Å². The van der Waals surface area contributed by atoms with Gasteiger partial charge in [0, 0.05) is 50.4 Å². The maximum absolute atomic E-state index is 6.06. The molecule has 0 spiro atoms. The Labute approximate surface area is 149 Å². The summed E-state index contributed by atoms with van der Waals surface area (Å²) in [6, 6.07) is 6.16. The van der Waals surface area contributed by atoms with E-state index in [1.165, 1.54) is 24.8 Å². The van der Waals surface area contributed by atoms with E-state index in [9.17, 15) is 0 Å². The SMILES string of the molecule is c1cc(CNC[C@H]2CNc3ccnn3C2)cc(OC2CCCCC2)n1. The Kier molecular flexibility index (Phi) is 5.16. The fourth-order valence-corrected chi connectivity index (χ4v) is 3.72.